The molecule has 7 heteroatoms. The minimum Gasteiger partial charge on any atom is -0.372 e. The van der Waals surface area contributed by atoms with Gasteiger partial charge in [-0.05, 0) is 31.0 Å². The van der Waals surface area contributed by atoms with Crippen LogP contribution in [0.5, 0.6) is 0 Å². The van der Waals surface area contributed by atoms with Gasteiger partial charge in [0.15, 0.2) is 5.13 Å². The maximum absolute atomic E-state index is 11.9. The Morgan fingerprint density at radius 2 is 2.42 bits per heavy atom. The van der Waals surface area contributed by atoms with Crippen molar-refractivity contribution in [1.82, 2.24) is 14.9 Å². The van der Waals surface area contributed by atoms with Gasteiger partial charge in [0.25, 0.3) is 0 Å². The second-order valence-corrected chi connectivity index (χ2v) is 6.77. The minimum absolute atomic E-state index is 0.0170. The molecular formula is C17H22N4O2S. The molecule has 0 spiro atoms. The monoisotopic (exact) mass is 346 g/mol. The molecule has 1 N–H and O–H groups in total. The third-order valence-corrected chi connectivity index (χ3v) is 4.69. The molecule has 0 saturated carbocycles. The Labute approximate surface area is 145 Å². The number of nitrogens with zero attached hydrogens (tertiary/aromatic N) is 3. The van der Waals surface area contributed by atoms with Crippen molar-refractivity contribution < 1.29 is 9.53 Å². The van der Waals surface area contributed by atoms with E-state index in [9.17, 15) is 4.79 Å². The van der Waals surface area contributed by atoms with Crippen molar-refractivity contribution in [3.63, 3.8) is 0 Å². The lowest BCUT2D eigenvalue weighted by Crippen LogP contribution is -2.40. The van der Waals surface area contributed by atoms with Crippen molar-refractivity contribution in [1.29, 1.82) is 0 Å². The van der Waals surface area contributed by atoms with E-state index in [0.717, 1.165) is 38.0 Å². The molecule has 1 aliphatic rings. The first-order valence-electron chi connectivity index (χ1n) is 8.22. The average Bonchev–Trinajstić information content (AvgIpc) is 3.12. The molecule has 1 atom stereocenters. The molecular weight excluding hydrogens is 324 g/mol. The summed E-state index contributed by atoms with van der Waals surface area (Å²) in [6.45, 7) is 3.25. The lowest BCUT2D eigenvalue weighted by molar-refractivity contribution is -0.116. The summed E-state index contributed by atoms with van der Waals surface area (Å²) >= 11 is 1.44. The zero-order chi connectivity index (χ0) is 16.6. The van der Waals surface area contributed by atoms with Crippen LogP contribution < -0.4 is 5.32 Å². The molecule has 128 valence electrons. The van der Waals surface area contributed by atoms with Crippen LogP contribution in [0.3, 0.4) is 0 Å². The number of nitrogens with one attached hydrogen (secondary N) is 1. The first-order chi connectivity index (χ1) is 11.8. The number of carbonyl (C=O) groups excluding carboxylic acids is 1. The normalized spacial score (nSPS) is 18.4. The molecule has 0 unspecified atom stereocenters. The van der Waals surface area contributed by atoms with Gasteiger partial charge in [0.2, 0.25) is 5.91 Å². The molecule has 0 aromatic carbocycles. The summed E-state index contributed by atoms with van der Waals surface area (Å²) in [6.07, 6.45) is 8.17. The Morgan fingerprint density at radius 1 is 1.46 bits per heavy atom. The van der Waals surface area contributed by atoms with Crippen LogP contribution in [0.25, 0.3) is 0 Å². The predicted octanol–water partition coefficient (Wildman–Crippen LogP) is 2.55. The highest BCUT2D eigenvalue weighted by atomic mass is 32.1. The molecule has 0 bridgehead atoms. The third kappa shape index (κ3) is 5.36. The van der Waals surface area contributed by atoms with Crippen LogP contribution >= 0.6 is 11.3 Å². The third-order valence-electron chi connectivity index (χ3n) is 4.00. The second-order valence-electron chi connectivity index (χ2n) is 5.87. The molecule has 3 rings (SSSR count). The van der Waals surface area contributed by atoms with Crippen molar-refractivity contribution in [2.75, 3.05) is 25.0 Å². The van der Waals surface area contributed by atoms with Gasteiger partial charge in [-0.1, -0.05) is 6.07 Å². The molecule has 2 aromatic heterocycles. The number of thiazole rings is 1. The summed E-state index contributed by atoms with van der Waals surface area (Å²) in [5.41, 5.74) is 1.09. The van der Waals surface area contributed by atoms with Crippen LogP contribution in [0.4, 0.5) is 5.13 Å². The number of hydrogen-bond donors (Lipinski definition) is 1. The van der Waals surface area contributed by atoms with Crippen LogP contribution in [0.1, 0.15) is 24.8 Å². The Morgan fingerprint density at radius 3 is 3.21 bits per heavy atom. The lowest BCUT2D eigenvalue weighted by Gasteiger charge is -2.32. The fourth-order valence-electron chi connectivity index (χ4n) is 2.78. The highest BCUT2D eigenvalue weighted by Crippen LogP contribution is 2.16. The first-order valence-corrected chi connectivity index (χ1v) is 9.10. The van der Waals surface area contributed by atoms with Crippen molar-refractivity contribution in [2.45, 2.75) is 32.0 Å². The number of amides is 1. The van der Waals surface area contributed by atoms with Crippen LogP contribution in [0.2, 0.25) is 0 Å². The van der Waals surface area contributed by atoms with E-state index in [2.05, 4.69) is 20.2 Å². The fourth-order valence-corrected chi connectivity index (χ4v) is 3.32. The summed E-state index contributed by atoms with van der Waals surface area (Å²) in [7, 11) is 0. The maximum atomic E-state index is 11.9. The number of likely N-dealkylation sites (tertiary alicyclic amines) is 1. The molecule has 2 aromatic rings. The largest absolute Gasteiger partial charge is 0.372 e. The van der Waals surface area contributed by atoms with E-state index < -0.39 is 0 Å². The number of hydrogen-bond acceptors (Lipinski definition) is 6. The van der Waals surface area contributed by atoms with E-state index in [4.69, 9.17) is 4.74 Å². The lowest BCUT2D eigenvalue weighted by atomic mass is 10.1. The first kappa shape index (κ1) is 17.0. The van der Waals surface area contributed by atoms with Gasteiger partial charge >= 0.3 is 0 Å². The van der Waals surface area contributed by atoms with Crippen molar-refractivity contribution in [3.05, 3.63) is 41.7 Å². The summed E-state index contributed by atoms with van der Waals surface area (Å²) in [5, 5.41) is 5.34. The molecule has 0 aliphatic carbocycles. The molecule has 1 aliphatic heterocycles. The van der Waals surface area contributed by atoms with Crippen LogP contribution in [0, 0.1) is 0 Å². The Balaban J connectivity index is 1.38. The van der Waals surface area contributed by atoms with Crippen molar-refractivity contribution in [3.8, 4) is 0 Å². The van der Waals surface area contributed by atoms with E-state index in [1.807, 2.05) is 23.7 Å². The molecule has 1 saturated heterocycles. The highest BCUT2D eigenvalue weighted by molar-refractivity contribution is 7.13. The van der Waals surface area contributed by atoms with Gasteiger partial charge in [-0.25, -0.2) is 4.98 Å². The minimum atomic E-state index is 0.0170. The summed E-state index contributed by atoms with van der Waals surface area (Å²) in [4.78, 5) is 22.4. The van der Waals surface area contributed by atoms with E-state index >= 15 is 0 Å². The fraction of sp³-hybridized carbons (Fsp3) is 0.471. The number of anilines is 1. The molecule has 24 heavy (non-hydrogen) atoms. The predicted molar refractivity (Wildman–Crippen MR) is 93.8 cm³/mol. The van der Waals surface area contributed by atoms with Gasteiger partial charge in [-0.15, -0.1) is 11.3 Å². The van der Waals surface area contributed by atoms with Gasteiger partial charge < -0.3 is 15.0 Å². The topological polar surface area (TPSA) is 67.4 Å². The van der Waals surface area contributed by atoms with Crippen LogP contribution in [-0.4, -0.2) is 46.5 Å². The van der Waals surface area contributed by atoms with E-state index in [-0.39, 0.29) is 12.0 Å². The molecule has 3 heterocycles. The number of aromatic nitrogens is 2. The molecule has 0 radical (unpaired) electrons. The number of pyridine rings is 1. The number of carbonyl (C=O) groups is 1. The zero-order valence-corrected chi connectivity index (χ0v) is 14.4. The van der Waals surface area contributed by atoms with Gasteiger partial charge in [0.1, 0.15) is 0 Å². The van der Waals surface area contributed by atoms with Gasteiger partial charge in [0, 0.05) is 43.5 Å². The Kier molecular flexibility index (Phi) is 6.28. The van der Waals surface area contributed by atoms with E-state index in [0.29, 0.717) is 18.2 Å². The Hall–Kier alpha value is -1.83. The molecule has 1 amide bonds. The smallest absolute Gasteiger partial charge is 0.227 e. The number of rotatable bonds is 7. The summed E-state index contributed by atoms with van der Waals surface area (Å²) in [6, 6.07) is 3.95. The van der Waals surface area contributed by atoms with Gasteiger partial charge in [0.05, 0.1) is 12.7 Å². The quantitative estimate of drug-likeness (QED) is 0.834. The maximum Gasteiger partial charge on any atom is 0.227 e. The summed E-state index contributed by atoms with van der Waals surface area (Å²) in [5.74, 6) is 0.0170. The van der Waals surface area contributed by atoms with E-state index in [1.54, 1.807) is 12.4 Å². The van der Waals surface area contributed by atoms with Crippen LogP contribution in [0.15, 0.2) is 36.1 Å². The Bertz CT molecular complexity index is 621. The van der Waals surface area contributed by atoms with Crippen LogP contribution in [-0.2, 0) is 16.1 Å². The second kappa shape index (κ2) is 8.86. The SMILES string of the molecule is O=C(CCN1CCC[C@H](OCc2cccnc2)C1)Nc1nccs1. The van der Waals surface area contributed by atoms with Crippen molar-refractivity contribution in [2.24, 2.45) is 0 Å². The van der Waals surface area contributed by atoms with Gasteiger partial charge in [-0.2, -0.15) is 0 Å². The standard InChI is InChI=1S/C17H22N4O2S/c22-16(20-17-19-7-10-24-17)5-9-21-8-2-4-15(12-21)23-13-14-3-1-6-18-11-14/h1,3,6-7,10-11,15H,2,4-5,8-9,12-13H2,(H,19,20,22)/t15-/m0/s1. The number of ether oxygens (including phenoxy) is 1. The van der Waals surface area contributed by atoms with Gasteiger partial charge in [-0.3, -0.25) is 9.78 Å². The summed E-state index contributed by atoms with van der Waals surface area (Å²) < 4.78 is 6.00. The average molecular weight is 346 g/mol. The molecule has 6 nitrogen and oxygen atoms in total. The van der Waals surface area contributed by atoms with E-state index in [1.165, 1.54) is 11.3 Å². The molecule has 1 fully saturated rings. The van der Waals surface area contributed by atoms with Crippen molar-refractivity contribution >= 4 is 22.4 Å². The number of piperidine rings is 1. The highest BCUT2D eigenvalue weighted by Gasteiger charge is 2.21. The zero-order valence-electron chi connectivity index (χ0n) is 13.6.